The topological polar surface area (TPSA) is 57.8 Å². The number of carbonyl (C=O) groups excluding carboxylic acids is 1. The van der Waals surface area contributed by atoms with Crippen molar-refractivity contribution in [3.63, 3.8) is 0 Å². The minimum atomic E-state index is -0.0250. The Morgan fingerprint density at radius 2 is 2.35 bits per heavy atom. The number of piperidine rings is 1. The smallest absolute Gasteiger partial charge is 0.181 e. The lowest BCUT2D eigenvalue weighted by Crippen LogP contribution is -2.40. The number of ketones is 1. The van der Waals surface area contributed by atoms with E-state index < -0.39 is 0 Å². The number of carbonyl (C=O) groups is 1. The summed E-state index contributed by atoms with van der Waals surface area (Å²) >= 11 is 0. The average Bonchev–Trinajstić information content (AvgIpc) is 2.83. The van der Waals surface area contributed by atoms with Crippen LogP contribution < -0.4 is 5.32 Å². The molecule has 0 spiro atoms. The van der Waals surface area contributed by atoms with Crippen LogP contribution in [0.25, 0.3) is 10.9 Å². The van der Waals surface area contributed by atoms with Gasteiger partial charge < -0.3 is 10.3 Å². The highest BCUT2D eigenvalue weighted by Crippen LogP contribution is 2.20. The van der Waals surface area contributed by atoms with Crippen LogP contribution in [0.15, 0.2) is 24.7 Å². The molecule has 4 nitrogen and oxygen atoms in total. The van der Waals surface area contributed by atoms with Crippen molar-refractivity contribution in [1.82, 2.24) is 15.3 Å². The molecule has 1 aliphatic rings. The molecule has 0 saturated carbocycles. The van der Waals surface area contributed by atoms with Gasteiger partial charge in [0.15, 0.2) is 5.78 Å². The third-order valence-electron chi connectivity index (χ3n) is 3.38. The molecule has 0 aromatic carbocycles. The summed E-state index contributed by atoms with van der Waals surface area (Å²) in [6.45, 7) is 0.941. The lowest BCUT2D eigenvalue weighted by Gasteiger charge is -2.21. The molecule has 1 aliphatic heterocycles. The van der Waals surface area contributed by atoms with E-state index >= 15 is 0 Å². The molecule has 1 unspecified atom stereocenters. The second kappa shape index (κ2) is 4.30. The molecule has 3 rings (SSSR count). The number of nitrogens with zero attached hydrogens (tertiary/aromatic N) is 1. The number of rotatable bonds is 2. The molecule has 2 aromatic rings. The van der Waals surface area contributed by atoms with Gasteiger partial charge in [-0.3, -0.25) is 9.78 Å². The lowest BCUT2D eigenvalue weighted by atomic mass is 9.96. The second-order valence-electron chi connectivity index (χ2n) is 4.49. The Bertz CT molecular complexity index is 540. The molecule has 0 bridgehead atoms. The summed E-state index contributed by atoms with van der Waals surface area (Å²) < 4.78 is 0. The van der Waals surface area contributed by atoms with E-state index in [1.54, 1.807) is 18.6 Å². The summed E-state index contributed by atoms with van der Waals surface area (Å²) in [4.78, 5) is 19.6. The van der Waals surface area contributed by atoms with E-state index in [0.717, 1.165) is 35.9 Å². The molecule has 0 aliphatic carbocycles. The molecular weight excluding hydrogens is 214 g/mol. The summed E-state index contributed by atoms with van der Waals surface area (Å²) in [5.41, 5.74) is 1.73. The maximum atomic E-state index is 12.4. The van der Waals surface area contributed by atoms with Crippen molar-refractivity contribution in [3.05, 3.63) is 30.2 Å². The van der Waals surface area contributed by atoms with E-state index in [-0.39, 0.29) is 11.8 Å². The number of hydrogen-bond acceptors (Lipinski definition) is 3. The number of aromatic nitrogens is 2. The summed E-state index contributed by atoms with van der Waals surface area (Å²) in [7, 11) is 0. The van der Waals surface area contributed by atoms with Crippen LogP contribution in [0.4, 0.5) is 0 Å². The summed E-state index contributed by atoms with van der Waals surface area (Å²) in [6.07, 6.45) is 8.51. The first-order valence-corrected chi connectivity index (χ1v) is 6.05. The van der Waals surface area contributed by atoms with Crippen molar-refractivity contribution in [2.45, 2.75) is 25.3 Å². The normalized spacial score (nSPS) is 20.6. The van der Waals surface area contributed by atoms with Gasteiger partial charge in [0.25, 0.3) is 0 Å². The fourth-order valence-electron chi connectivity index (χ4n) is 2.43. The summed E-state index contributed by atoms with van der Waals surface area (Å²) in [6, 6.07) is 1.86. The molecule has 1 fully saturated rings. The molecular formula is C13H15N3O. The van der Waals surface area contributed by atoms with E-state index in [9.17, 15) is 4.79 Å². The quantitative estimate of drug-likeness (QED) is 0.773. The van der Waals surface area contributed by atoms with Gasteiger partial charge in [-0.05, 0) is 25.5 Å². The number of H-pyrrole nitrogens is 1. The maximum Gasteiger partial charge on any atom is 0.181 e. The van der Waals surface area contributed by atoms with E-state index in [1.807, 2.05) is 6.07 Å². The van der Waals surface area contributed by atoms with Gasteiger partial charge in [-0.15, -0.1) is 0 Å². The highest BCUT2D eigenvalue weighted by atomic mass is 16.1. The molecule has 1 saturated heterocycles. The Hall–Kier alpha value is -1.68. The number of nitrogens with one attached hydrogen (secondary N) is 2. The Morgan fingerprint density at radius 3 is 3.18 bits per heavy atom. The largest absolute Gasteiger partial charge is 0.360 e. The van der Waals surface area contributed by atoms with Crippen LogP contribution in [0, 0.1) is 0 Å². The van der Waals surface area contributed by atoms with Gasteiger partial charge in [0.1, 0.15) is 0 Å². The molecule has 17 heavy (non-hydrogen) atoms. The first-order chi connectivity index (χ1) is 8.36. The lowest BCUT2D eigenvalue weighted by molar-refractivity contribution is 0.0929. The predicted octanol–water partition coefficient (Wildman–Crippen LogP) is 1.89. The first-order valence-electron chi connectivity index (χ1n) is 6.05. The zero-order chi connectivity index (χ0) is 11.7. The van der Waals surface area contributed by atoms with Gasteiger partial charge in [0, 0.05) is 35.1 Å². The SMILES string of the molecule is O=C(c1c[nH]c2ccncc12)C1CCCCN1. The van der Waals surface area contributed by atoms with Crippen LogP contribution >= 0.6 is 0 Å². The maximum absolute atomic E-state index is 12.4. The second-order valence-corrected chi connectivity index (χ2v) is 4.49. The zero-order valence-electron chi connectivity index (χ0n) is 9.57. The standard InChI is InChI=1S/C13H15N3O/c17-13(12-3-1-2-5-15-12)10-8-16-11-4-6-14-7-9(10)11/h4,6-8,12,15-16H,1-3,5H2. The van der Waals surface area contributed by atoms with Crippen molar-refractivity contribution in [2.75, 3.05) is 6.54 Å². The van der Waals surface area contributed by atoms with Crippen molar-refractivity contribution in [3.8, 4) is 0 Å². The van der Waals surface area contributed by atoms with E-state index in [1.165, 1.54) is 6.42 Å². The highest BCUT2D eigenvalue weighted by molar-refractivity contribution is 6.10. The van der Waals surface area contributed by atoms with E-state index in [2.05, 4.69) is 15.3 Å². The van der Waals surface area contributed by atoms with Crippen molar-refractivity contribution in [1.29, 1.82) is 0 Å². The number of Topliss-reactive ketones (excluding diaryl/α,β-unsaturated/α-hetero) is 1. The average molecular weight is 229 g/mol. The van der Waals surface area contributed by atoms with Gasteiger partial charge in [0.05, 0.1) is 6.04 Å². The molecule has 0 radical (unpaired) electrons. The summed E-state index contributed by atoms with van der Waals surface area (Å²) in [5.74, 6) is 0.184. The van der Waals surface area contributed by atoms with E-state index in [4.69, 9.17) is 0 Å². The minimum Gasteiger partial charge on any atom is -0.360 e. The molecule has 4 heteroatoms. The van der Waals surface area contributed by atoms with Crippen molar-refractivity contribution < 1.29 is 4.79 Å². The molecule has 88 valence electrons. The number of aromatic amines is 1. The summed E-state index contributed by atoms with van der Waals surface area (Å²) in [5, 5.41) is 4.21. The van der Waals surface area contributed by atoms with Crippen molar-refractivity contribution >= 4 is 16.7 Å². The van der Waals surface area contributed by atoms with Gasteiger partial charge in [0.2, 0.25) is 0 Å². The van der Waals surface area contributed by atoms with E-state index in [0.29, 0.717) is 0 Å². The number of hydrogen-bond donors (Lipinski definition) is 2. The predicted molar refractivity (Wildman–Crippen MR) is 66.1 cm³/mol. The third-order valence-corrected chi connectivity index (χ3v) is 3.38. The monoisotopic (exact) mass is 229 g/mol. The van der Waals surface area contributed by atoms with Crippen LogP contribution in [0.2, 0.25) is 0 Å². The number of fused-ring (bicyclic) bond motifs is 1. The highest BCUT2D eigenvalue weighted by Gasteiger charge is 2.23. The van der Waals surface area contributed by atoms with Crippen LogP contribution in [0.3, 0.4) is 0 Å². The first kappa shape index (κ1) is 10.5. The van der Waals surface area contributed by atoms with Crippen molar-refractivity contribution in [2.24, 2.45) is 0 Å². The van der Waals surface area contributed by atoms with Crippen LogP contribution in [-0.2, 0) is 0 Å². The Labute approximate surface area is 99.4 Å². The zero-order valence-corrected chi connectivity index (χ0v) is 9.57. The Morgan fingerprint density at radius 1 is 1.41 bits per heavy atom. The van der Waals surface area contributed by atoms with Crippen LogP contribution in [-0.4, -0.2) is 28.3 Å². The van der Waals surface area contributed by atoms with Gasteiger partial charge in [-0.1, -0.05) is 6.42 Å². The molecule has 2 N–H and O–H groups in total. The molecule has 0 amide bonds. The third kappa shape index (κ3) is 1.85. The minimum absolute atomic E-state index is 0.0250. The fourth-order valence-corrected chi connectivity index (χ4v) is 2.43. The molecule has 3 heterocycles. The van der Waals surface area contributed by atoms with Gasteiger partial charge in [-0.2, -0.15) is 0 Å². The Balaban J connectivity index is 1.95. The number of pyridine rings is 1. The van der Waals surface area contributed by atoms with Crippen LogP contribution in [0.5, 0.6) is 0 Å². The van der Waals surface area contributed by atoms with Crippen LogP contribution in [0.1, 0.15) is 29.6 Å². The molecule has 2 aromatic heterocycles. The fraction of sp³-hybridized carbons (Fsp3) is 0.385. The molecule has 1 atom stereocenters. The van der Waals surface area contributed by atoms with Gasteiger partial charge >= 0.3 is 0 Å². The van der Waals surface area contributed by atoms with Gasteiger partial charge in [-0.25, -0.2) is 0 Å². The Kier molecular flexibility index (Phi) is 2.65.